The SMILES string of the molecule is O=C(C=Cc1cnc(N2CCOCC2)nc1)c1ccc(Cl)cc1. The van der Waals surface area contributed by atoms with Crippen LogP contribution in [0.25, 0.3) is 6.08 Å². The molecule has 1 saturated heterocycles. The molecule has 1 aromatic heterocycles. The van der Waals surface area contributed by atoms with E-state index in [4.69, 9.17) is 16.3 Å². The molecule has 2 heterocycles. The lowest BCUT2D eigenvalue weighted by Gasteiger charge is -2.26. The van der Waals surface area contributed by atoms with Crippen LogP contribution < -0.4 is 4.90 Å². The minimum absolute atomic E-state index is 0.0843. The van der Waals surface area contributed by atoms with Crippen LogP contribution in [0.2, 0.25) is 5.02 Å². The second kappa shape index (κ2) is 7.35. The van der Waals surface area contributed by atoms with Crippen molar-refractivity contribution in [2.45, 2.75) is 0 Å². The quantitative estimate of drug-likeness (QED) is 0.637. The van der Waals surface area contributed by atoms with Crippen LogP contribution in [-0.4, -0.2) is 42.1 Å². The van der Waals surface area contributed by atoms with E-state index in [1.165, 1.54) is 6.08 Å². The van der Waals surface area contributed by atoms with E-state index in [1.807, 2.05) is 0 Å². The Bertz CT molecular complexity index is 693. The van der Waals surface area contributed by atoms with Crippen LogP contribution in [0.15, 0.2) is 42.7 Å². The van der Waals surface area contributed by atoms with E-state index in [9.17, 15) is 4.79 Å². The van der Waals surface area contributed by atoms with Gasteiger partial charge in [0.2, 0.25) is 5.95 Å². The number of aromatic nitrogens is 2. The first-order valence-electron chi connectivity index (χ1n) is 7.35. The summed E-state index contributed by atoms with van der Waals surface area (Å²) in [4.78, 5) is 22.8. The molecule has 118 valence electrons. The van der Waals surface area contributed by atoms with E-state index in [0.29, 0.717) is 29.7 Å². The number of ether oxygens (including phenoxy) is 1. The fourth-order valence-electron chi connectivity index (χ4n) is 2.23. The number of ketones is 1. The molecule has 0 N–H and O–H groups in total. The molecule has 0 spiro atoms. The Morgan fingerprint density at radius 1 is 1.13 bits per heavy atom. The van der Waals surface area contributed by atoms with E-state index in [2.05, 4.69) is 14.9 Å². The van der Waals surface area contributed by atoms with Crippen LogP contribution in [0.3, 0.4) is 0 Å². The van der Waals surface area contributed by atoms with E-state index in [-0.39, 0.29) is 5.78 Å². The molecule has 1 aromatic carbocycles. The van der Waals surface area contributed by atoms with Gasteiger partial charge in [0.05, 0.1) is 13.2 Å². The Morgan fingerprint density at radius 3 is 2.43 bits per heavy atom. The Hall–Kier alpha value is -2.24. The highest BCUT2D eigenvalue weighted by Gasteiger charge is 2.13. The molecule has 1 aliphatic rings. The van der Waals surface area contributed by atoms with Crippen molar-refractivity contribution in [2.24, 2.45) is 0 Å². The fourth-order valence-corrected chi connectivity index (χ4v) is 2.35. The number of allylic oxidation sites excluding steroid dienone is 1. The summed E-state index contributed by atoms with van der Waals surface area (Å²) in [6.45, 7) is 2.98. The Kier molecular flexibility index (Phi) is 5.00. The number of hydrogen-bond donors (Lipinski definition) is 0. The molecule has 2 aromatic rings. The number of hydrogen-bond acceptors (Lipinski definition) is 5. The van der Waals surface area contributed by atoms with Crippen LogP contribution in [0.1, 0.15) is 15.9 Å². The summed E-state index contributed by atoms with van der Waals surface area (Å²) in [5, 5.41) is 0.609. The van der Waals surface area contributed by atoms with Crippen molar-refractivity contribution >= 4 is 29.4 Å². The summed E-state index contributed by atoms with van der Waals surface area (Å²) in [6, 6.07) is 6.80. The number of carbonyl (C=O) groups is 1. The minimum atomic E-state index is -0.0843. The van der Waals surface area contributed by atoms with Crippen molar-refractivity contribution in [2.75, 3.05) is 31.2 Å². The number of benzene rings is 1. The zero-order chi connectivity index (χ0) is 16.1. The minimum Gasteiger partial charge on any atom is -0.378 e. The molecule has 0 aliphatic carbocycles. The first-order chi connectivity index (χ1) is 11.2. The van der Waals surface area contributed by atoms with Gasteiger partial charge in [-0.1, -0.05) is 11.6 Å². The van der Waals surface area contributed by atoms with Gasteiger partial charge in [-0.25, -0.2) is 9.97 Å². The maximum atomic E-state index is 12.1. The molecular formula is C17H16ClN3O2. The van der Waals surface area contributed by atoms with Gasteiger partial charge in [-0.15, -0.1) is 0 Å². The molecule has 1 aliphatic heterocycles. The molecule has 23 heavy (non-hydrogen) atoms. The van der Waals surface area contributed by atoms with Gasteiger partial charge in [-0.2, -0.15) is 0 Å². The molecule has 0 bridgehead atoms. The van der Waals surface area contributed by atoms with Gasteiger partial charge < -0.3 is 9.64 Å². The normalized spacial score (nSPS) is 15.1. The zero-order valence-electron chi connectivity index (χ0n) is 12.5. The number of carbonyl (C=O) groups excluding carboxylic acids is 1. The molecule has 1 fully saturated rings. The fraction of sp³-hybridized carbons (Fsp3) is 0.235. The first-order valence-corrected chi connectivity index (χ1v) is 7.73. The van der Waals surface area contributed by atoms with Crippen molar-refractivity contribution in [3.63, 3.8) is 0 Å². The maximum Gasteiger partial charge on any atom is 0.225 e. The largest absolute Gasteiger partial charge is 0.378 e. The van der Waals surface area contributed by atoms with Gasteiger partial charge in [0.15, 0.2) is 5.78 Å². The average molecular weight is 330 g/mol. The second-order valence-corrected chi connectivity index (χ2v) is 5.56. The van der Waals surface area contributed by atoms with Gasteiger partial charge in [-0.3, -0.25) is 4.79 Å². The van der Waals surface area contributed by atoms with Crippen molar-refractivity contribution in [3.8, 4) is 0 Å². The summed E-state index contributed by atoms with van der Waals surface area (Å²) in [6.07, 6.45) is 6.64. The molecule has 0 radical (unpaired) electrons. The molecule has 3 rings (SSSR count). The van der Waals surface area contributed by atoms with Crippen LogP contribution in [-0.2, 0) is 4.74 Å². The Balaban J connectivity index is 1.65. The second-order valence-electron chi connectivity index (χ2n) is 5.12. The van der Waals surface area contributed by atoms with Gasteiger partial charge in [0.25, 0.3) is 0 Å². The molecule has 6 heteroatoms. The van der Waals surface area contributed by atoms with Crippen molar-refractivity contribution in [1.29, 1.82) is 0 Å². The maximum absolute atomic E-state index is 12.1. The van der Waals surface area contributed by atoms with Crippen LogP contribution >= 0.6 is 11.6 Å². The monoisotopic (exact) mass is 329 g/mol. The van der Waals surface area contributed by atoms with Gasteiger partial charge in [-0.05, 0) is 36.4 Å². The standard InChI is InChI=1S/C17H16ClN3O2/c18-15-4-2-14(3-5-15)16(22)6-1-13-11-19-17(20-12-13)21-7-9-23-10-8-21/h1-6,11-12H,7-10H2. The zero-order valence-corrected chi connectivity index (χ0v) is 13.2. The Labute approximate surface area is 139 Å². The van der Waals surface area contributed by atoms with Crippen LogP contribution in [0.5, 0.6) is 0 Å². The molecule has 5 nitrogen and oxygen atoms in total. The van der Waals surface area contributed by atoms with Crippen LogP contribution in [0.4, 0.5) is 5.95 Å². The summed E-state index contributed by atoms with van der Waals surface area (Å²) in [7, 11) is 0. The highest BCUT2D eigenvalue weighted by atomic mass is 35.5. The third kappa shape index (κ3) is 4.15. The summed E-state index contributed by atoms with van der Waals surface area (Å²) < 4.78 is 5.31. The summed E-state index contributed by atoms with van der Waals surface area (Å²) >= 11 is 5.81. The van der Waals surface area contributed by atoms with Crippen molar-refractivity contribution in [3.05, 3.63) is 58.9 Å². The predicted molar refractivity (Wildman–Crippen MR) is 89.9 cm³/mol. The Morgan fingerprint density at radius 2 is 1.78 bits per heavy atom. The third-order valence-electron chi connectivity index (χ3n) is 3.51. The first kappa shape index (κ1) is 15.6. The third-order valence-corrected chi connectivity index (χ3v) is 3.76. The van der Waals surface area contributed by atoms with E-state index in [1.54, 1.807) is 42.7 Å². The number of nitrogens with zero attached hydrogens (tertiary/aromatic N) is 3. The van der Waals surface area contributed by atoms with Crippen molar-refractivity contribution in [1.82, 2.24) is 9.97 Å². The van der Waals surface area contributed by atoms with Crippen LogP contribution in [0, 0.1) is 0 Å². The summed E-state index contributed by atoms with van der Waals surface area (Å²) in [5.74, 6) is 0.605. The number of rotatable bonds is 4. The highest BCUT2D eigenvalue weighted by Crippen LogP contribution is 2.12. The number of morpholine rings is 1. The van der Waals surface area contributed by atoms with E-state index < -0.39 is 0 Å². The van der Waals surface area contributed by atoms with E-state index in [0.717, 1.165) is 18.7 Å². The lowest BCUT2D eigenvalue weighted by Crippen LogP contribution is -2.37. The predicted octanol–water partition coefficient (Wildman–Crippen LogP) is 2.86. The average Bonchev–Trinajstić information content (AvgIpc) is 2.61. The van der Waals surface area contributed by atoms with E-state index >= 15 is 0 Å². The molecule has 0 amide bonds. The smallest absolute Gasteiger partial charge is 0.225 e. The molecule has 0 unspecified atom stereocenters. The lowest BCUT2D eigenvalue weighted by atomic mass is 10.1. The van der Waals surface area contributed by atoms with Gasteiger partial charge in [0.1, 0.15) is 0 Å². The number of halogens is 1. The molecule has 0 atom stereocenters. The van der Waals surface area contributed by atoms with Crippen molar-refractivity contribution < 1.29 is 9.53 Å². The highest BCUT2D eigenvalue weighted by molar-refractivity contribution is 6.30. The van der Waals surface area contributed by atoms with Gasteiger partial charge >= 0.3 is 0 Å². The lowest BCUT2D eigenvalue weighted by molar-refractivity contribution is 0.104. The topological polar surface area (TPSA) is 55.3 Å². The molecule has 0 saturated carbocycles. The van der Waals surface area contributed by atoms with Gasteiger partial charge in [0, 0.05) is 41.6 Å². The molecular weight excluding hydrogens is 314 g/mol. The summed E-state index contributed by atoms with van der Waals surface area (Å²) in [5.41, 5.74) is 1.38. The number of anilines is 1.